The Balaban J connectivity index is 1.53. The van der Waals surface area contributed by atoms with Crippen molar-refractivity contribution in [1.82, 2.24) is 10.3 Å². The van der Waals surface area contributed by atoms with Crippen LogP contribution in [0.5, 0.6) is 0 Å². The SMILES string of the molecule is O=C(Nc1ccc2ncccc2c1)C1CC2CCC1N2. The Bertz CT molecular complexity index is 670. The Morgan fingerprint density at radius 2 is 2.25 bits per heavy atom. The fourth-order valence-corrected chi connectivity index (χ4v) is 3.50. The monoisotopic (exact) mass is 267 g/mol. The molecule has 2 bridgehead atoms. The van der Waals surface area contributed by atoms with E-state index in [1.807, 2.05) is 30.3 Å². The predicted molar refractivity (Wildman–Crippen MR) is 78.4 cm³/mol. The minimum absolute atomic E-state index is 0.123. The van der Waals surface area contributed by atoms with Gasteiger partial charge in [-0.25, -0.2) is 0 Å². The first kappa shape index (κ1) is 11.9. The molecular formula is C16H17N3O. The molecule has 3 heterocycles. The summed E-state index contributed by atoms with van der Waals surface area (Å²) >= 11 is 0. The molecule has 4 rings (SSSR count). The van der Waals surface area contributed by atoms with Gasteiger partial charge >= 0.3 is 0 Å². The van der Waals surface area contributed by atoms with E-state index in [9.17, 15) is 4.79 Å². The third-order valence-electron chi connectivity index (χ3n) is 4.51. The minimum atomic E-state index is 0.123. The number of nitrogens with one attached hydrogen (secondary N) is 2. The molecule has 4 heteroatoms. The van der Waals surface area contributed by atoms with Gasteiger partial charge < -0.3 is 10.6 Å². The minimum Gasteiger partial charge on any atom is -0.326 e. The molecule has 0 radical (unpaired) electrons. The highest BCUT2D eigenvalue weighted by atomic mass is 16.2. The van der Waals surface area contributed by atoms with E-state index >= 15 is 0 Å². The predicted octanol–water partition coefficient (Wildman–Crippen LogP) is 2.31. The van der Waals surface area contributed by atoms with Crippen molar-refractivity contribution >= 4 is 22.5 Å². The van der Waals surface area contributed by atoms with Gasteiger partial charge in [-0.15, -0.1) is 0 Å². The number of carbonyl (C=O) groups excluding carboxylic acids is 1. The molecule has 2 N–H and O–H groups in total. The van der Waals surface area contributed by atoms with E-state index in [1.54, 1.807) is 6.20 Å². The molecule has 2 aliphatic heterocycles. The van der Waals surface area contributed by atoms with Gasteiger partial charge in [0.2, 0.25) is 5.91 Å². The molecule has 0 spiro atoms. The zero-order chi connectivity index (χ0) is 13.5. The first-order valence-corrected chi connectivity index (χ1v) is 7.21. The van der Waals surface area contributed by atoms with Gasteiger partial charge in [-0.3, -0.25) is 9.78 Å². The number of carbonyl (C=O) groups is 1. The number of hydrogen-bond acceptors (Lipinski definition) is 3. The molecule has 2 aromatic rings. The standard InChI is InChI=1S/C16H17N3O/c20-16(13-9-12-4-6-15(13)18-12)19-11-3-5-14-10(8-11)2-1-7-17-14/h1-3,5,7-8,12-13,15,18H,4,6,9H2,(H,19,20). The molecule has 3 atom stereocenters. The van der Waals surface area contributed by atoms with Crippen molar-refractivity contribution in [2.24, 2.45) is 5.92 Å². The van der Waals surface area contributed by atoms with Crippen molar-refractivity contribution in [2.45, 2.75) is 31.3 Å². The van der Waals surface area contributed by atoms with Crippen molar-refractivity contribution < 1.29 is 4.79 Å². The van der Waals surface area contributed by atoms with Crippen molar-refractivity contribution in [3.05, 3.63) is 36.5 Å². The highest BCUT2D eigenvalue weighted by molar-refractivity contribution is 5.95. The van der Waals surface area contributed by atoms with Crippen LogP contribution in [0.4, 0.5) is 5.69 Å². The maximum atomic E-state index is 12.4. The number of amides is 1. The second-order valence-corrected chi connectivity index (χ2v) is 5.79. The van der Waals surface area contributed by atoms with Crippen LogP contribution in [0.3, 0.4) is 0 Å². The van der Waals surface area contributed by atoms with Gasteiger partial charge in [0.1, 0.15) is 0 Å². The van der Waals surface area contributed by atoms with Crippen LogP contribution < -0.4 is 10.6 Å². The maximum Gasteiger partial charge on any atom is 0.229 e. The Labute approximate surface area is 117 Å². The zero-order valence-electron chi connectivity index (χ0n) is 11.2. The van der Waals surface area contributed by atoms with Crippen LogP contribution in [-0.2, 0) is 4.79 Å². The number of aromatic nitrogens is 1. The lowest BCUT2D eigenvalue weighted by Gasteiger charge is -2.19. The molecule has 102 valence electrons. The quantitative estimate of drug-likeness (QED) is 0.878. The van der Waals surface area contributed by atoms with Gasteiger partial charge in [0.25, 0.3) is 0 Å². The number of pyridine rings is 1. The first-order valence-electron chi connectivity index (χ1n) is 7.21. The molecule has 3 unspecified atom stereocenters. The summed E-state index contributed by atoms with van der Waals surface area (Å²) in [7, 11) is 0. The van der Waals surface area contributed by atoms with Gasteiger partial charge in [-0.2, -0.15) is 0 Å². The molecule has 0 saturated carbocycles. The summed E-state index contributed by atoms with van der Waals surface area (Å²) in [5.41, 5.74) is 1.81. The summed E-state index contributed by atoms with van der Waals surface area (Å²) in [6.45, 7) is 0. The summed E-state index contributed by atoms with van der Waals surface area (Å²) in [6.07, 6.45) is 5.10. The van der Waals surface area contributed by atoms with Gasteiger partial charge in [0, 0.05) is 29.4 Å². The molecule has 2 saturated heterocycles. The lowest BCUT2D eigenvalue weighted by molar-refractivity contribution is -0.120. The maximum absolute atomic E-state index is 12.4. The van der Waals surface area contributed by atoms with Crippen LogP contribution in [0.2, 0.25) is 0 Å². The molecule has 20 heavy (non-hydrogen) atoms. The van der Waals surface area contributed by atoms with Crippen LogP contribution in [0, 0.1) is 5.92 Å². The number of rotatable bonds is 2. The first-order chi connectivity index (χ1) is 9.79. The highest BCUT2D eigenvalue weighted by Crippen LogP contribution is 2.34. The Hall–Kier alpha value is -1.94. The van der Waals surface area contributed by atoms with E-state index < -0.39 is 0 Å². The van der Waals surface area contributed by atoms with Crippen LogP contribution in [0.25, 0.3) is 10.9 Å². The Kier molecular flexibility index (Phi) is 2.70. The zero-order valence-corrected chi connectivity index (χ0v) is 11.2. The molecule has 2 aliphatic rings. The summed E-state index contributed by atoms with van der Waals surface area (Å²) in [4.78, 5) is 16.7. The molecule has 1 aromatic carbocycles. The third kappa shape index (κ3) is 1.96. The Morgan fingerprint density at radius 1 is 1.30 bits per heavy atom. The van der Waals surface area contributed by atoms with E-state index in [0.717, 1.165) is 29.4 Å². The summed E-state index contributed by atoms with van der Waals surface area (Å²) in [6, 6.07) is 10.7. The lowest BCUT2D eigenvalue weighted by Crippen LogP contribution is -2.32. The van der Waals surface area contributed by atoms with Crippen LogP contribution in [-0.4, -0.2) is 23.0 Å². The van der Waals surface area contributed by atoms with E-state index in [0.29, 0.717) is 12.1 Å². The van der Waals surface area contributed by atoms with E-state index in [2.05, 4.69) is 15.6 Å². The topological polar surface area (TPSA) is 54.0 Å². The fraction of sp³-hybridized carbons (Fsp3) is 0.375. The smallest absolute Gasteiger partial charge is 0.229 e. The van der Waals surface area contributed by atoms with Gasteiger partial charge in [0.15, 0.2) is 0 Å². The van der Waals surface area contributed by atoms with Crippen LogP contribution >= 0.6 is 0 Å². The average molecular weight is 267 g/mol. The summed E-state index contributed by atoms with van der Waals surface area (Å²) in [5.74, 6) is 0.270. The molecule has 4 nitrogen and oxygen atoms in total. The van der Waals surface area contributed by atoms with Crippen LogP contribution in [0.15, 0.2) is 36.5 Å². The Morgan fingerprint density at radius 3 is 3.05 bits per heavy atom. The number of nitrogens with zero attached hydrogens (tertiary/aromatic N) is 1. The number of fused-ring (bicyclic) bond motifs is 3. The third-order valence-corrected chi connectivity index (χ3v) is 4.51. The normalized spacial score (nSPS) is 27.9. The van der Waals surface area contributed by atoms with Crippen LogP contribution in [0.1, 0.15) is 19.3 Å². The second kappa shape index (κ2) is 4.56. The lowest BCUT2D eigenvalue weighted by atomic mass is 9.88. The molecular weight excluding hydrogens is 250 g/mol. The van der Waals surface area contributed by atoms with E-state index in [1.165, 1.54) is 6.42 Å². The van der Waals surface area contributed by atoms with E-state index in [-0.39, 0.29) is 11.8 Å². The largest absolute Gasteiger partial charge is 0.326 e. The highest BCUT2D eigenvalue weighted by Gasteiger charge is 2.42. The molecule has 2 fully saturated rings. The van der Waals surface area contributed by atoms with Gasteiger partial charge in [-0.1, -0.05) is 6.07 Å². The van der Waals surface area contributed by atoms with Crippen molar-refractivity contribution in [1.29, 1.82) is 0 Å². The van der Waals surface area contributed by atoms with Crippen molar-refractivity contribution in [2.75, 3.05) is 5.32 Å². The van der Waals surface area contributed by atoms with Gasteiger partial charge in [0.05, 0.1) is 11.4 Å². The summed E-state index contributed by atoms with van der Waals surface area (Å²) < 4.78 is 0. The van der Waals surface area contributed by atoms with Crippen molar-refractivity contribution in [3.63, 3.8) is 0 Å². The molecule has 1 aromatic heterocycles. The van der Waals surface area contributed by atoms with E-state index in [4.69, 9.17) is 0 Å². The number of hydrogen-bond donors (Lipinski definition) is 2. The average Bonchev–Trinajstić information content (AvgIpc) is 3.10. The number of anilines is 1. The van der Waals surface area contributed by atoms with Gasteiger partial charge in [-0.05, 0) is 43.5 Å². The van der Waals surface area contributed by atoms with Crippen molar-refractivity contribution in [3.8, 4) is 0 Å². The molecule has 1 amide bonds. The summed E-state index contributed by atoms with van der Waals surface area (Å²) in [5, 5.41) is 7.61. The fourth-order valence-electron chi connectivity index (χ4n) is 3.50. The number of benzene rings is 1. The molecule has 0 aliphatic carbocycles. The second-order valence-electron chi connectivity index (χ2n) is 5.79.